The second-order valence-corrected chi connectivity index (χ2v) is 4.57. The third-order valence-electron chi connectivity index (χ3n) is 3.04. The van der Waals surface area contributed by atoms with Gasteiger partial charge < -0.3 is 20.5 Å². The van der Waals surface area contributed by atoms with Crippen molar-refractivity contribution in [2.45, 2.75) is 18.9 Å². The number of hydrogen-bond acceptors (Lipinski definition) is 7. The fourth-order valence-electron chi connectivity index (χ4n) is 2.05. The summed E-state index contributed by atoms with van der Waals surface area (Å²) in [5.74, 6) is -0.660. The van der Waals surface area contributed by atoms with Gasteiger partial charge in [0.15, 0.2) is 0 Å². The van der Waals surface area contributed by atoms with Crippen LogP contribution in [0.4, 0.5) is 10.5 Å². The molecule has 1 fully saturated rings. The Kier molecular flexibility index (Phi) is 9.53. The molecular weight excluding hydrogens is 417 g/mol. The second kappa shape index (κ2) is 10.5. The molecule has 2 N–H and O–H groups in total. The Bertz CT molecular complexity index is 635. The molecular formula is C12H13N4O8Y-. The minimum atomic E-state index is -1.50. The molecule has 1 aliphatic rings. The van der Waals surface area contributed by atoms with Crippen LogP contribution in [-0.4, -0.2) is 44.7 Å². The molecule has 1 aromatic rings. The average Bonchev–Trinajstić information content (AvgIpc) is 2.97. The maximum atomic E-state index is 11.9. The van der Waals surface area contributed by atoms with Crippen LogP contribution in [0.2, 0.25) is 0 Å². The number of likely N-dealkylation sites (tertiary alicyclic amines) is 1. The predicted molar refractivity (Wildman–Crippen MR) is 77.0 cm³/mol. The number of nitro groups is 1. The smallest absolute Gasteiger partial charge is 0.415 e. The Morgan fingerprint density at radius 1 is 1.24 bits per heavy atom. The standard InChI is InChI=1S/C12H13N3O5.HNO3.Y/c13-11(16)10-2-1-7-14(10)12(17)20-9-5-3-8(4-6-9)15(18)19;2-1(3)4;/h3-6,10H,1-2,7H2,(H2,13,16);(H,2,3,4);/p-1. The van der Waals surface area contributed by atoms with Gasteiger partial charge in [-0.2, -0.15) is 0 Å². The number of carbonyl (C=O) groups excluding carboxylic acids is 2. The van der Waals surface area contributed by atoms with Gasteiger partial charge in [0.25, 0.3) is 10.8 Å². The van der Waals surface area contributed by atoms with E-state index in [2.05, 4.69) is 0 Å². The Morgan fingerprint density at radius 2 is 1.76 bits per heavy atom. The molecule has 0 spiro atoms. The van der Waals surface area contributed by atoms with E-state index < -0.39 is 28.1 Å². The van der Waals surface area contributed by atoms with Crippen molar-refractivity contribution in [3.63, 3.8) is 0 Å². The van der Waals surface area contributed by atoms with Gasteiger partial charge in [-0.25, -0.2) is 4.79 Å². The Balaban J connectivity index is 0.00000104. The number of amides is 2. The number of nitro benzene ring substituents is 1. The van der Waals surface area contributed by atoms with Gasteiger partial charge in [0, 0.05) is 51.4 Å². The van der Waals surface area contributed by atoms with Crippen molar-refractivity contribution in [2.75, 3.05) is 6.54 Å². The molecule has 25 heavy (non-hydrogen) atoms. The second-order valence-electron chi connectivity index (χ2n) is 4.57. The molecule has 1 saturated heterocycles. The first-order valence-electron chi connectivity index (χ1n) is 6.54. The normalized spacial score (nSPS) is 15.2. The third kappa shape index (κ3) is 7.39. The average molecular weight is 430 g/mol. The van der Waals surface area contributed by atoms with E-state index in [1.54, 1.807) is 0 Å². The number of carbonyl (C=O) groups is 2. The summed E-state index contributed by atoms with van der Waals surface area (Å²) in [5.41, 5.74) is 6.98. The van der Waals surface area contributed by atoms with Crippen molar-refractivity contribution < 1.29 is 62.3 Å². The van der Waals surface area contributed by atoms with Gasteiger partial charge in [-0.05, 0) is 25.0 Å². The molecule has 0 bridgehead atoms. The van der Waals surface area contributed by atoms with E-state index in [0.717, 1.165) is 0 Å². The number of non-ortho nitro benzene ring substituents is 1. The van der Waals surface area contributed by atoms with Crippen molar-refractivity contribution in [3.8, 4) is 5.75 Å². The molecule has 1 aromatic carbocycles. The van der Waals surface area contributed by atoms with E-state index in [1.165, 1.54) is 29.2 Å². The molecule has 1 heterocycles. The molecule has 0 saturated carbocycles. The molecule has 12 nitrogen and oxygen atoms in total. The van der Waals surface area contributed by atoms with Crippen molar-refractivity contribution in [3.05, 3.63) is 50.2 Å². The molecule has 0 aromatic heterocycles. The van der Waals surface area contributed by atoms with Crippen LogP contribution in [-0.2, 0) is 37.5 Å². The fraction of sp³-hybridized carbons (Fsp3) is 0.333. The summed E-state index contributed by atoms with van der Waals surface area (Å²) < 4.78 is 5.04. The van der Waals surface area contributed by atoms with Crippen molar-refractivity contribution in [1.29, 1.82) is 0 Å². The van der Waals surface area contributed by atoms with Gasteiger partial charge in [0.1, 0.15) is 5.75 Å². The molecule has 0 aliphatic carbocycles. The number of benzene rings is 1. The van der Waals surface area contributed by atoms with E-state index >= 15 is 0 Å². The maximum Gasteiger partial charge on any atom is 0.415 e. The zero-order valence-corrected chi connectivity index (χ0v) is 15.6. The van der Waals surface area contributed by atoms with Crippen LogP contribution in [0, 0.1) is 20.2 Å². The van der Waals surface area contributed by atoms with E-state index in [1.807, 2.05) is 0 Å². The van der Waals surface area contributed by atoms with E-state index in [9.17, 15) is 19.7 Å². The van der Waals surface area contributed by atoms with E-state index in [-0.39, 0.29) is 44.1 Å². The Hall–Kier alpha value is -2.34. The fourth-order valence-corrected chi connectivity index (χ4v) is 2.05. The zero-order chi connectivity index (χ0) is 18.3. The van der Waals surface area contributed by atoms with Crippen molar-refractivity contribution in [2.24, 2.45) is 0 Å². The van der Waals surface area contributed by atoms with Crippen molar-refractivity contribution in [1.82, 2.24) is 4.90 Å². The molecule has 1 atom stereocenters. The molecule has 1 aliphatic heterocycles. The summed E-state index contributed by atoms with van der Waals surface area (Å²) in [6, 6.07) is 4.30. The topological polar surface area (TPSA) is 177 Å². The van der Waals surface area contributed by atoms with Crippen LogP contribution < -0.4 is 4.74 Å². The molecule has 1 unspecified atom stereocenters. The quantitative estimate of drug-likeness (QED) is 0.557. The van der Waals surface area contributed by atoms with Crippen LogP contribution in [0.15, 0.2) is 24.3 Å². The number of ether oxygens (including phenoxy) is 1. The molecule has 2 amide bonds. The van der Waals surface area contributed by atoms with Gasteiger partial charge in [-0.1, -0.05) is 0 Å². The van der Waals surface area contributed by atoms with Crippen molar-refractivity contribution >= 4 is 17.7 Å². The van der Waals surface area contributed by atoms with Crippen LogP contribution in [0.1, 0.15) is 12.8 Å². The number of nitrogens with one attached hydrogen (secondary N) is 1. The number of hydrogen-bond donors (Lipinski definition) is 1. The Labute approximate surface area is 166 Å². The summed E-state index contributed by atoms with van der Waals surface area (Å²) >= 11 is 0. The van der Waals surface area contributed by atoms with E-state index in [0.29, 0.717) is 19.4 Å². The van der Waals surface area contributed by atoms with Crippen LogP contribution in [0.25, 0.3) is 5.73 Å². The minimum Gasteiger partial charge on any atom is -0.666 e. The minimum absolute atomic E-state index is 0. The van der Waals surface area contributed by atoms with Gasteiger partial charge >= 0.3 is 6.09 Å². The summed E-state index contributed by atoms with van der Waals surface area (Å²) in [4.78, 5) is 42.5. The number of rotatable bonds is 3. The summed E-state index contributed by atoms with van der Waals surface area (Å²) in [7, 11) is 0. The largest absolute Gasteiger partial charge is 0.666 e. The van der Waals surface area contributed by atoms with Gasteiger partial charge in [-0.3, -0.25) is 15.0 Å². The van der Waals surface area contributed by atoms with Gasteiger partial charge in [0.05, 0.1) is 16.9 Å². The first-order chi connectivity index (χ1) is 11.2. The Morgan fingerprint density at radius 3 is 2.20 bits per heavy atom. The maximum absolute atomic E-state index is 11.9. The summed E-state index contributed by atoms with van der Waals surface area (Å²) in [6.07, 6.45) is 0.379. The predicted octanol–water partition coefficient (Wildman–Crippen LogP) is 1.79. The van der Waals surface area contributed by atoms with E-state index in [4.69, 9.17) is 25.8 Å². The third-order valence-corrected chi connectivity index (χ3v) is 3.04. The van der Waals surface area contributed by atoms with Crippen LogP contribution >= 0.6 is 0 Å². The molecule has 13 heteroatoms. The first kappa shape index (κ1) is 22.7. The van der Waals surface area contributed by atoms with Crippen LogP contribution in [0.5, 0.6) is 5.75 Å². The van der Waals surface area contributed by atoms with Gasteiger partial charge in [0.2, 0.25) is 0 Å². The SMILES string of the molecule is O=[N+]([O-])O.[NH-]C(=O)C1CCCN1C(=O)Oc1ccc([N+](=O)[O-])cc1.[Y]. The monoisotopic (exact) mass is 430 g/mol. The van der Waals surface area contributed by atoms with Gasteiger partial charge in [-0.15, -0.1) is 10.1 Å². The van der Waals surface area contributed by atoms with Crippen LogP contribution in [0.3, 0.4) is 0 Å². The first-order valence-corrected chi connectivity index (χ1v) is 6.54. The zero-order valence-electron chi connectivity index (χ0n) is 12.7. The summed E-state index contributed by atoms with van der Waals surface area (Å²) in [6.45, 7) is 0.362. The number of nitrogens with zero attached hydrogens (tertiary/aromatic N) is 3. The molecule has 1 radical (unpaired) electrons. The summed E-state index contributed by atoms with van der Waals surface area (Å²) in [5, 5.41) is 24.1. The molecule has 133 valence electrons. The molecule has 2 rings (SSSR count).